The van der Waals surface area contributed by atoms with E-state index >= 15 is 0 Å². The highest BCUT2D eigenvalue weighted by atomic mass is 19.1. The number of benzene rings is 1. The standard InChI is InChI=1S/C12H17FN2/c1-12(2)6-10(12)15-11-8(7-14)4-3-5-9(11)13/h3-5,10,15H,6-7,14H2,1-2H3. The Hall–Kier alpha value is -1.09. The minimum atomic E-state index is -0.208. The maximum atomic E-state index is 13.6. The van der Waals surface area contributed by atoms with Crippen LogP contribution in [0.2, 0.25) is 0 Å². The Kier molecular flexibility index (Phi) is 2.43. The van der Waals surface area contributed by atoms with E-state index in [-0.39, 0.29) is 11.2 Å². The van der Waals surface area contributed by atoms with Gasteiger partial charge >= 0.3 is 0 Å². The van der Waals surface area contributed by atoms with Crippen molar-refractivity contribution in [2.24, 2.45) is 11.1 Å². The Labute approximate surface area is 89.7 Å². The van der Waals surface area contributed by atoms with Gasteiger partial charge in [-0.1, -0.05) is 26.0 Å². The van der Waals surface area contributed by atoms with Crippen molar-refractivity contribution >= 4 is 5.69 Å². The van der Waals surface area contributed by atoms with E-state index in [2.05, 4.69) is 19.2 Å². The third-order valence-corrected chi connectivity index (χ3v) is 3.15. The molecular weight excluding hydrogens is 191 g/mol. The van der Waals surface area contributed by atoms with Gasteiger partial charge in [0.05, 0.1) is 5.69 Å². The smallest absolute Gasteiger partial charge is 0.146 e. The first-order chi connectivity index (χ1) is 7.04. The van der Waals surface area contributed by atoms with Gasteiger partial charge in [0.1, 0.15) is 5.82 Å². The molecule has 1 aromatic rings. The zero-order valence-corrected chi connectivity index (χ0v) is 9.18. The maximum absolute atomic E-state index is 13.6. The molecule has 1 aliphatic rings. The van der Waals surface area contributed by atoms with E-state index in [4.69, 9.17) is 5.73 Å². The minimum absolute atomic E-state index is 0.208. The van der Waals surface area contributed by atoms with Crippen molar-refractivity contribution in [3.05, 3.63) is 29.6 Å². The van der Waals surface area contributed by atoms with Crippen molar-refractivity contribution < 1.29 is 4.39 Å². The molecule has 3 heteroatoms. The van der Waals surface area contributed by atoms with Crippen LogP contribution in [0.4, 0.5) is 10.1 Å². The predicted octanol–water partition coefficient (Wildman–Crippen LogP) is 2.49. The van der Waals surface area contributed by atoms with Gasteiger partial charge in [0.15, 0.2) is 0 Å². The van der Waals surface area contributed by atoms with E-state index in [1.165, 1.54) is 6.07 Å². The quantitative estimate of drug-likeness (QED) is 0.801. The van der Waals surface area contributed by atoms with E-state index in [9.17, 15) is 4.39 Å². The second kappa shape index (κ2) is 3.49. The molecule has 0 amide bonds. The summed E-state index contributed by atoms with van der Waals surface area (Å²) in [5, 5.41) is 3.24. The number of hydrogen-bond acceptors (Lipinski definition) is 2. The molecule has 0 saturated heterocycles. The number of nitrogens with one attached hydrogen (secondary N) is 1. The van der Waals surface area contributed by atoms with Crippen LogP contribution in [0.1, 0.15) is 25.8 Å². The summed E-state index contributed by atoms with van der Waals surface area (Å²) in [5.41, 5.74) is 7.29. The molecule has 2 nitrogen and oxygen atoms in total. The third kappa shape index (κ3) is 1.97. The van der Waals surface area contributed by atoms with Crippen LogP contribution in [0.15, 0.2) is 18.2 Å². The molecule has 0 heterocycles. The van der Waals surface area contributed by atoms with Crippen LogP contribution in [0.5, 0.6) is 0 Å². The van der Waals surface area contributed by atoms with Crippen LogP contribution in [0, 0.1) is 11.2 Å². The molecule has 0 aromatic heterocycles. The average molecular weight is 208 g/mol. The molecule has 1 aromatic carbocycles. The summed E-state index contributed by atoms with van der Waals surface area (Å²) in [5.74, 6) is -0.208. The van der Waals surface area contributed by atoms with Crippen LogP contribution >= 0.6 is 0 Å². The summed E-state index contributed by atoms with van der Waals surface area (Å²) >= 11 is 0. The average Bonchev–Trinajstić information content (AvgIpc) is 2.77. The van der Waals surface area contributed by atoms with Gasteiger partial charge in [-0.15, -0.1) is 0 Å². The molecule has 1 fully saturated rings. The fraction of sp³-hybridized carbons (Fsp3) is 0.500. The Balaban J connectivity index is 2.20. The molecule has 3 N–H and O–H groups in total. The Bertz CT molecular complexity index is 374. The van der Waals surface area contributed by atoms with E-state index < -0.39 is 0 Å². The third-order valence-electron chi connectivity index (χ3n) is 3.15. The highest BCUT2D eigenvalue weighted by Crippen LogP contribution is 2.47. The van der Waals surface area contributed by atoms with Gasteiger partial charge in [-0.3, -0.25) is 0 Å². The van der Waals surface area contributed by atoms with Crippen LogP contribution in [0.25, 0.3) is 0 Å². The first-order valence-electron chi connectivity index (χ1n) is 5.28. The molecule has 2 rings (SSSR count). The summed E-state index contributed by atoms with van der Waals surface area (Å²) < 4.78 is 13.6. The van der Waals surface area contributed by atoms with E-state index in [1.54, 1.807) is 6.07 Å². The van der Waals surface area contributed by atoms with Crippen molar-refractivity contribution in [2.75, 3.05) is 5.32 Å². The second-order valence-electron chi connectivity index (χ2n) is 4.87. The molecule has 0 bridgehead atoms. The van der Waals surface area contributed by atoms with Crippen molar-refractivity contribution in [3.8, 4) is 0 Å². The number of hydrogen-bond donors (Lipinski definition) is 2. The van der Waals surface area contributed by atoms with E-state index in [0.717, 1.165) is 12.0 Å². The fourth-order valence-corrected chi connectivity index (χ4v) is 1.79. The lowest BCUT2D eigenvalue weighted by molar-refractivity contribution is 0.613. The second-order valence-corrected chi connectivity index (χ2v) is 4.87. The van der Waals surface area contributed by atoms with Crippen LogP contribution < -0.4 is 11.1 Å². The van der Waals surface area contributed by atoms with Gasteiger partial charge < -0.3 is 11.1 Å². The van der Waals surface area contributed by atoms with Gasteiger partial charge in [0.25, 0.3) is 0 Å². The maximum Gasteiger partial charge on any atom is 0.146 e. The van der Waals surface area contributed by atoms with Gasteiger partial charge in [0.2, 0.25) is 0 Å². The minimum Gasteiger partial charge on any atom is -0.379 e. The lowest BCUT2D eigenvalue weighted by atomic mass is 10.1. The molecule has 1 atom stereocenters. The number of rotatable bonds is 3. The number of halogens is 1. The molecule has 0 aliphatic heterocycles. The van der Waals surface area contributed by atoms with Gasteiger partial charge in [-0.05, 0) is 23.5 Å². The summed E-state index contributed by atoms with van der Waals surface area (Å²) in [6.45, 7) is 4.72. The molecule has 15 heavy (non-hydrogen) atoms. The zero-order chi connectivity index (χ0) is 11.1. The van der Waals surface area contributed by atoms with E-state index in [0.29, 0.717) is 18.3 Å². The molecule has 1 saturated carbocycles. The highest BCUT2D eigenvalue weighted by Gasteiger charge is 2.46. The largest absolute Gasteiger partial charge is 0.379 e. The van der Waals surface area contributed by atoms with E-state index in [1.807, 2.05) is 6.07 Å². The number of nitrogens with two attached hydrogens (primary N) is 1. The Morgan fingerprint density at radius 3 is 2.73 bits per heavy atom. The van der Waals surface area contributed by atoms with Gasteiger partial charge in [-0.25, -0.2) is 4.39 Å². The van der Waals surface area contributed by atoms with Gasteiger partial charge in [-0.2, -0.15) is 0 Å². The zero-order valence-electron chi connectivity index (χ0n) is 9.18. The summed E-state index contributed by atoms with van der Waals surface area (Å²) in [4.78, 5) is 0. The lowest BCUT2D eigenvalue weighted by Gasteiger charge is -2.13. The SMILES string of the molecule is CC1(C)CC1Nc1c(F)cccc1CN. The molecule has 0 radical (unpaired) electrons. The predicted molar refractivity (Wildman–Crippen MR) is 60.1 cm³/mol. The van der Waals surface area contributed by atoms with Crippen molar-refractivity contribution in [1.82, 2.24) is 0 Å². The molecule has 1 unspecified atom stereocenters. The fourth-order valence-electron chi connectivity index (χ4n) is 1.79. The lowest BCUT2D eigenvalue weighted by Crippen LogP contribution is -2.13. The summed E-state index contributed by atoms with van der Waals surface area (Å²) in [6.07, 6.45) is 1.09. The molecular formula is C12H17FN2. The Morgan fingerprint density at radius 2 is 2.20 bits per heavy atom. The summed E-state index contributed by atoms with van der Waals surface area (Å²) in [6, 6.07) is 5.40. The number of anilines is 1. The van der Waals surface area contributed by atoms with Gasteiger partial charge in [0, 0.05) is 12.6 Å². The molecule has 1 aliphatic carbocycles. The first-order valence-corrected chi connectivity index (χ1v) is 5.28. The molecule has 82 valence electrons. The van der Waals surface area contributed by atoms with Crippen molar-refractivity contribution in [3.63, 3.8) is 0 Å². The first kappa shape index (κ1) is 10.4. The topological polar surface area (TPSA) is 38.0 Å². The molecule has 0 spiro atoms. The normalized spacial score (nSPS) is 22.5. The van der Waals surface area contributed by atoms with Crippen LogP contribution in [-0.4, -0.2) is 6.04 Å². The monoisotopic (exact) mass is 208 g/mol. The highest BCUT2D eigenvalue weighted by molar-refractivity contribution is 5.54. The van der Waals surface area contributed by atoms with Crippen LogP contribution in [-0.2, 0) is 6.54 Å². The van der Waals surface area contributed by atoms with Crippen molar-refractivity contribution in [2.45, 2.75) is 32.9 Å². The van der Waals surface area contributed by atoms with Crippen molar-refractivity contribution in [1.29, 1.82) is 0 Å². The Morgan fingerprint density at radius 1 is 1.53 bits per heavy atom. The number of para-hydroxylation sites is 1. The van der Waals surface area contributed by atoms with Crippen LogP contribution in [0.3, 0.4) is 0 Å². The summed E-state index contributed by atoms with van der Waals surface area (Å²) in [7, 11) is 0.